The molecule has 1 aliphatic heterocycles. The van der Waals surface area contributed by atoms with Gasteiger partial charge in [0.2, 0.25) is 0 Å². The van der Waals surface area contributed by atoms with Crippen LogP contribution in [-0.2, 0) is 0 Å². The molecule has 1 saturated heterocycles. The van der Waals surface area contributed by atoms with E-state index in [2.05, 4.69) is 364 Å². The maximum Gasteiger partial charge on any atom is 0.141 e. The van der Waals surface area contributed by atoms with Gasteiger partial charge < -0.3 is 0 Å². The van der Waals surface area contributed by atoms with E-state index in [1.54, 1.807) is 46.7 Å². The van der Waals surface area contributed by atoms with Crippen molar-refractivity contribution in [1.29, 1.82) is 0 Å². The Morgan fingerprint density at radius 2 is 0.282 bits per heavy atom. The van der Waals surface area contributed by atoms with Crippen molar-refractivity contribution in [3.63, 3.8) is 0 Å². The van der Waals surface area contributed by atoms with Crippen LogP contribution in [0.5, 0.6) is 0 Å². The molecule has 0 bridgehead atoms. The maximum absolute atomic E-state index is 4.00. The average molecular weight is 1090 g/mol. The highest BCUT2D eigenvalue weighted by atomic mass is 30.3. The predicted molar refractivity (Wildman–Crippen MR) is 347 cm³/mol. The molecule has 12 aromatic carbocycles. The maximum atomic E-state index is 2.71. The van der Waals surface area contributed by atoms with E-state index < -0.39 is 42.7 Å². The van der Waals surface area contributed by atoms with Gasteiger partial charge in [0, 0.05) is 0 Å². The number of hydrogen-bond donors (Lipinski definition) is 0. The summed E-state index contributed by atoms with van der Waals surface area (Å²) in [7, 11) is -19.1. The number of rotatable bonds is 13. The molecule has 0 radical (unpaired) electrons. The fourth-order valence-electron chi connectivity index (χ4n) is 16.2. The first-order valence-electron chi connectivity index (χ1n) is 27.4. The molecule has 1 aliphatic rings. The average Bonchev–Trinajstić information content (AvgIpc) is 3.88. The molecule has 0 aromatic heterocycles. The van der Waals surface area contributed by atoms with Gasteiger partial charge in [-0.2, -0.15) is 0 Å². The van der Waals surface area contributed by atoms with Gasteiger partial charge in [0.25, 0.3) is 0 Å². The predicted octanol–water partition coefficient (Wildman–Crippen LogP) is 8.05. The van der Waals surface area contributed by atoms with E-state index in [1.807, 2.05) is 0 Å². The van der Waals surface area contributed by atoms with Crippen LogP contribution in [-0.4, -0.2) is 42.7 Å². The third-order valence-corrected chi connectivity index (χ3v) is 141. The van der Waals surface area contributed by atoms with Crippen molar-refractivity contribution in [3.05, 3.63) is 364 Å². The van der Waals surface area contributed by atoms with Crippen molar-refractivity contribution in [2.45, 2.75) is 0 Å². The molecule has 1 heterocycles. The van der Waals surface area contributed by atoms with Crippen LogP contribution in [0.3, 0.4) is 0 Å². The van der Waals surface area contributed by atoms with Crippen LogP contribution < -0.4 is 62.2 Å². The Kier molecular flexibility index (Phi) is 13.1. The quantitative estimate of drug-likeness (QED) is 0.0811. The summed E-state index contributed by atoms with van der Waals surface area (Å²) in [4.78, 5) is 0. The zero-order chi connectivity index (χ0) is 52.4. The molecule has 0 amide bonds. The monoisotopic (exact) mass is 1090 g/mol. The summed E-state index contributed by atoms with van der Waals surface area (Å²) in [6.45, 7) is -4.00. The van der Waals surface area contributed by atoms with Crippen LogP contribution in [0, 0.1) is 0 Å². The van der Waals surface area contributed by atoms with Crippen molar-refractivity contribution >= 4 is 105 Å². The molecule has 0 atom stereocenters. The molecule has 0 N–H and O–H groups in total. The highest BCUT2D eigenvalue weighted by Crippen LogP contribution is 2.54. The summed E-state index contributed by atoms with van der Waals surface area (Å²) in [5.74, 6) is 0. The van der Waals surface area contributed by atoms with Gasteiger partial charge in [0.1, 0.15) is 42.7 Å². The van der Waals surface area contributed by atoms with E-state index in [0.29, 0.717) is 0 Å². The Hall–Kier alpha value is -8.06. The first kappa shape index (κ1) is 49.5. The largest absolute Gasteiger partial charge is 0.141 e. The second kappa shape index (κ2) is 20.7. The molecule has 0 saturated carbocycles. The molecule has 13 rings (SSSR count). The molecular weight excluding hydrogens is 1030 g/mol. The lowest BCUT2D eigenvalue weighted by molar-refractivity contribution is 1.68. The van der Waals surface area contributed by atoms with E-state index in [9.17, 15) is 0 Å². The van der Waals surface area contributed by atoms with Gasteiger partial charge in [-0.1, -0.05) is 426 Å². The van der Waals surface area contributed by atoms with E-state index in [-0.39, 0.29) is 0 Å². The minimum absolute atomic E-state index is 1.49. The molecule has 372 valence electrons. The van der Waals surface area contributed by atoms with E-state index >= 15 is 0 Å². The molecule has 0 aliphatic carbocycles. The number of hydrogen-bond acceptors (Lipinski definition) is 0. The third kappa shape index (κ3) is 6.65. The molecule has 0 spiro atoms. The van der Waals surface area contributed by atoms with Gasteiger partial charge >= 0.3 is 0 Å². The fourth-order valence-corrected chi connectivity index (χ4v) is 258. The molecule has 1 fully saturated rings. The summed E-state index contributed by atoms with van der Waals surface area (Å²) < 4.78 is 0. The normalized spacial score (nSPS) is 15.7. The lowest BCUT2D eigenvalue weighted by atomic mass is 10.3. The molecule has 0 nitrogen and oxygen atoms in total. The Bertz CT molecular complexity index is 3440. The highest BCUT2D eigenvalue weighted by Gasteiger charge is 2.98. The lowest BCUT2D eigenvalue weighted by Gasteiger charge is -2.64. The zero-order valence-electron chi connectivity index (χ0n) is 43.6. The molecule has 0 unspecified atom stereocenters. The van der Waals surface area contributed by atoms with E-state index in [1.165, 1.54) is 15.6 Å². The van der Waals surface area contributed by atoms with Gasteiger partial charge in [0.15, 0.2) is 0 Å². The highest BCUT2D eigenvalue weighted by molar-refractivity contribution is 8.33. The second-order valence-electron chi connectivity index (χ2n) is 20.9. The van der Waals surface area contributed by atoms with Crippen molar-refractivity contribution in [3.8, 4) is 0 Å². The summed E-state index contributed by atoms with van der Waals surface area (Å²) in [5.41, 5.74) is 0. The minimum atomic E-state index is -4.00. The molecule has 6 heteroatoms. The van der Waals surface area contributed by atoms with E-state index in [4.69, 9.17) is 0 Å². The van der Waals surface area contributed by atoms with Crippen LogP contribution in [0.4, 0.5) is 0 Å². The number of benzene rings is 12. The zero-order valence-corrected chi connectivity index (χ0v) is 49.6. The summed E-state index contributed by atoms with van der Waals surface area (Å²) in [6.07, 6.45) is 0. The first-order chi connectivity index (χ1) is 38.8. The smallest absolute Gasteiger partial charge is 0.0647 e. The fraction of sp³-hybridized carbons (Fsp3) is 0. The van der Waals surface area contributed by atoms with Gasteiger partial charge in [-0.15, -0.1) is 0 Å². The Balaban J connectivity index is 1.58. The first-order valence-corrected chi connectivity index (χ1v) is 45.4. The molecule has 12 aromatic rings. The molecule has 78 heavy (non-hydrogen) atoms. The van der Waals surface area contributed by atoms with Gasteiger partial charge in [-0.25, -0.2) is 0 Å². The topological polar surface area (TPSA) is 0 Å². The summed E-state index contributed by atoms with van der Waals surface area (Å²) in [6, 6.07) is 149. The van der Waals surface area contributed by atoms with E-state index in [0.717, 1.165) is 0 Å². The minimum Gasteiger partial charge on any atom is -0.0647 e. The van der Waals surface area contributed by atoms with Gasteiger partial charge in [0.05, 0.1) is 0 Å². The van der Waals surface area contributed by atoms with Crippen LogP contribution in [0.1, 0.15) is 0 Å². The Morgan fingerprint density at radius 3 is 0.462 bits per heavy atom. The Morgan fingerprint density at radius 1 is 0.141 bits per heavy atom. The lowest BCUT2D eigenvalue weighted by Crippen LogP contribution is -3.08. The van der Waals surface area contributed by atoms with Crippen molar-refractivity contribution in [1.82, 2.24) is 0 Å². The van der Waals surface area contributed by atoms with Gasteiger partial charge in [-0.05, 0) is 0 Å². The van der Waals surface area contributed by atoms with Crippen LogP contribution in [0.2, 0.25) is 0 Å². The summed E-state index contributed by atoms with van der Waals surface area (Å²) >= 11 is 0. The van der Waals surface area contributed by atoms with Crippen LogP contribution >= 0.6 is 0 Å². The van der Waals surface area contributed by atoms with Crippen LogP contribution in [0.15, 0.2) is 364 Å². The van der Waals surface area contributed by atoms with Crippen LogP contribution in [0.25, 0.3) is 0 Å². The second-order valence-corrected chi connectivity index (χ2v) is 74.3. The SMILES string of the molecule is c1ccc([Si](c2ccccc2)(c2ccccc2)[Si]2(c3ccccc3)[Si](c3ccccc3)(c3ccccc3)[Si](c3ccccc3)(c3ccccc3)[Si](c3ccccc3)(c3ccccc3)[Si]2(c2ccccc2)c2ccccc2)cc1. The van der Waals surface area contributed by atoms with Crippen molar-refractivity contribution in [2.75, 3.05) is 0 Å². The summed E-state index contributed by atoms with van der Waals surface area (Å²) in [5, 5.41) is 18.4. The van der Waals surface area contributed by atoms with Crippen molar-refractivity contribution < 1.29 is 0 Å². The molecular formula is C72H60Si6. The van der Waals surface area contributed by atoms with Gasteiger partial charge in [-0.3, -0.25) is 0 Å². The Labute approximate surface area is 465 Å². The van der Waals surface area contributed by atoms with Crippen molar-refractivity contribution in [2.24, 2.45) is 0 Å². The third-order valence-electron chi connectivity index (χ3n) is 17.9. The standard InChI is InChI=1S/C72H60Si6/c1-13-37-61(38-14-1)73(62-39-15-2-16-40-62,63-41-17-3-18-42-63)78(72-59-35-12-36-60-72)76(68-51-27-8-28-52-68,69-53-29-9-30-54-69)74(64-43-19-4-20-44-64,65-45-21-5-22-46-65)75(66-47-23-6-24-48-66,67-49-25-7-26-50-67)77(78,70-55-31-10-32-56-70)71-57-33-11-34-58-71/h1-60H.